The molecule has 1 aliphatic heterocycles. The highest BCUT2D eigenvalue weighted by atomic mass is 79.9. The normalized spacial score (nSPS) is 15.4. The second-order valence-corrected chi connectivity index (χ2v) is 7.04. The van der Waals surface area contributed by atoms with Crippen LogP contribution in [0, 0.1) is 10.1 Å². The van der Waals surface area contributed by atoms with E-state index in [4.69, 9.17) is 0 Å². The average Bonchev–Trinajstić information content (AvgIpc) is 2.63. The molecule has 2 aromatic rings. The molecule has 0 aliphatic carbocycles. The molecular formula is C18H20BrN3O3. The highest BCUT2D eigenvalue weighted by Gasteiger charge is 2.24. The van der Waals surface area contributed by atoms with E-state index in [-0.39, 0.29) is 17.2 Å². The van der Waals surface area contributed by atoms with E-state index in [0.717, 1.165) is 37.2 Å². The minimum absolute atomic E-state index is 0.0959. The summed E-state index contributed by atoms with van der Waals surface area (Å²) in [5, 5.41) is 20.6. The number of anilines is 1. The topological polar surface area (TPSA) is 69.8 Å². The minimum Gasteiger partial charge on any atom is -0.392 e. The van der Waals surface area contributed by atoms with Crippen molar-refractivity contribution >= 4 is 27.3 Å². The Bertz CT molecular complexity index is 744. The van der Waals surface area contributed by atoms with Crippen LogP contribution in [-0.4, -0.2) is 41.1 Å². The Labute approximate surface area is 155 Å². The maximum Gasteiger partial charge on any atom is 0.292 e. The van der Waals surface area contributed by atoms with Gasteiger partial charge in [0.05, 0.1) is 11.5 Å². The summed E-state index contributed by atoms with van der Waals surface area (Å²) in [7, 11) is 0. The number of nitro groups is 1. The molecule has 0 spiro atoms. The van der Waals surface area contributed by atoms with Crippen LogP contribution in [0.5, 0.6) is 0 Å². The Kier molecular flexibility index (Phi) is 5.67. The zero-order chi connectivity index (χ0) is 17.8. The lowest BCUT2D eigenvalue weighted by molar-refractivity contribution is -0.384. The number of halogens is 1. The first-order valence-corrected chi connectivity index (χ1v) is 8.96. The van der Waals surface area contributed by atoms with Gasteiger partial charge < -0.3 is 10.0 Å². The van der Waals surface area contributed by atoms with Crippen molar-refractivity contribution in [3.63, 3.8) is 0 Å². The summed E-state index contributed by atoms with van der Waals surface area (Å²) in [5.41, 5.74) is 2.64. The quantitative estimate of drug-likeness (QED) is 0.610. The Morgan fingerprint density at radius 3 is 2.28 bits per heavy atom. The summed E-state index contributed by atoms with van der Waals surface area (Å²) in [6.07, 6.45) is 0. The van der Waals surface area contributed by atoms with Crippen molar-refractivity contribution in [1.82, 2.24) is 4.90 Å². The van der Waals surface area contributed by atoms with Gasteiger partial charge in [-0.15, -0.1) is 0 Å². The first-order chi connectivity index (χ1) is 12.1. The molecule has 1 aliphatic rings. The van der Waals surface area contributed by atoms with E-state index in [1.165, 1.54) is 11.6 Å². The van der Waals surface area contributed by atoms with Crippen LogP contribution in [0.4, 0.5) is 11.4 Å². The lowest BCUT2D eigenvalue weighted by atomic mass is 10.1. The number of benzene rings is 2. The number of nitrogens with zero attached hydrogens (tertiary/aromatic N) is 3. The summed E-state index contributed by atoms with van der Waals surface area (Å²) >= 11 is 3.44. The van der Waals surface area contributed by atoms with Crippen molar-refractivity contribution in [2.24, 2.45) is 0 Å². The molecular weight excluding hydrogens is 386 g/mol. The molecule has 132 valence electrons. The second kappa shape index (κ2) is 7.95. The minimum atomic E-state index is -0.356. The number of piperazine rings is 1. The Hall–Kier alpha value is -1.96. The summed E-state index contributed by atoms with van der Waals surface area (Å²) in [6.45, 7) is 3.90. The average molecular weight is 406 g/mol. The monoisotopic (exact) mass is 405 g/mol. The Morgan fingerprint density at radius 2 is 1.68 bits per heavy atom. The van der Waals surface area contributed by atoms with Gasteiger partial charge in [0.1, 0.15) is 5.69 Å². The molecule has 1 N–H and O–H groups in total. The number of hydrogen-bond acceptors (Lipinski definition) is 5. The van der Waals surface area contributed by atoms with Gasteiger partial charge in [0.2, 0.25) is 0 Å². The van der Waals surface area contributed by atoms with Crippen molar-refractivity contribution in [3.8, 4) is 0 Å². The van der Waals surface area contributed by atoms with Crippen LogP contribution in [0.3, 0.4) is 0 Å². The van der Waals surface area contributed by atoms with Crippen LogP contribution in [0.15, 0.2) is 46.9 Å². The smallest absolute Gasteiger partial charge is 0.292 e. The van der Waals surface area contributed by atoms with E-state index in [0.29, 0.717) is 11.3 Å². The standard InChI is InChI=1S/C18H20BrN3O3/c19-16-4-1-14(2-5-16)12-20-7-9-21(10-8-20)18-11-15(13-23)3-6-17(18)22(24)25/h1-6,11,23H,7-10,12-13H2. The molecule has 0 amide bonds. The molecule has 0 atom stereocenters. The molecule has 1 heterocycles. The SMILES string of the molecule is O=[N+]([O-])c1ccc(CO)cc1N1CCN(Cc2ccc(Br)cc2)CC1. The molecule has 0 bridgehead atoms. The number of rotatable bonds is 5. The molecule has 2 aromatic carbocycles. The van der Waals surface area contributed by atoms with Gasteiger partial charge in [-0.1, -0.05) is 28.1 Å². The number of nitro benzene ring substituents is 1. The third kappa shape index (κ3) is 4.36. The molecule has 0 aromatic heterocycles. The van der Waals surface area contributed by atoms with Crippen LogP contribution < -0.4 is 4.90 Å². The molecule has 3 rings (SSSR count). The molecule has 25 heavy (non-hydrogen) atoms. The van der Waals surface area contributed by atoms with Crippen molar-refractivity contribution in [3.05, 3.63) is 68.2 Å². The summed E-state index contributed by atoms with van der Waals surface area (Å²) in [4.78, 5) is 15.3. The van der Waals surface area contributed by atoms with E-state index >= 15 is 0 Å². The molecule has 7 heteroatoms. The van der Waals surface area contributed by atoms with Crippen molar-refractivity contribution < 1.29 is 10.0 Å². The number of aliphatic hydroxyl groups is 1. The van der Waals surface area contributed by atoms with Crippen LogP contribution in [0.2, 0.25) is 0 Å². The highest BCUT2D eigenvalue weighted by molar-refractivity contribution is 9.10. The first kappa shape index (κ1) is 17.8. The van der Waals surface area contributed by atoms with Gasteiger partial charge in [-0.25, -0.2) is 0 Å². The highest BCUT2D eigenvalue weighted by Crippen LogP contribution is 2.30. The van der Waals surface area contributed by atoms with Crippen LogP contribution >= 0.6 is 15.9 Å². The van der Waals surface area contributed by atoms with Crippen LogP contribution in [0.1, 0.15) is 11.1 Å². The van der Waals surface area contributed by atoms with Crippen molar-refractivity contribution in [2.45, 2.75) is 13.2 Å². The lowest BCUT2D eigenvalue weighted by Gasteiger charge is -2.36. The Balaban J connectivity index is 1.67. The van der Waals surface area contributed by atoms with E-state index < -0.39 is 0 Å². The van der Waals surface area contributed by atoms with E-state index in [1.54, 1.807) is 12.1 Å². The maximum atomic E-state index is 11.3. The molecule has 6 nitrogen and oxygen atoms in total. The third-order valence-corrected chi connectivity index (χ3v) is 4.98. The largest absolute Gasteiger partial charge is 0.392 e. The van der Waals surface area contributed by atoms with Gasteiger partial charge in [-0.2, -0.15) is 0 Å². The number of aliphatic hydroxyl groups excluding tert-OH is 1. The van der Waals surface area contributed by atoms with E-state index in [9.17, 15) is 15.2 Å². The van der Waals surface area contributed by atoms with Crippen LogP contribution in [0.25, 0.3) is 0 Å². The lowest BCUT2D eigenvalue weighted by Crippen LogP contribution is -2.46. The zero-order valence-electron chi connectivity index (χ0n) is 13.8. The fourth-order valence-corrected chi connectivity index (χ4v) is 3.33. The zero-order valence-corrected chi connectivity index (χ0v) is 15.4. The van der Waals surface area contributed by atoms with Gasteiger partial charge in [0.15, 0.2) is 0 Å². The second-order valence-electron chi connectivity index (χ2n) is 6.13. The van der Waals surface area contributed by atoms with E-state index in [2.05, 4.69) is 33.0 Å². The third-order valence-electron chi connectivity index (χ3n) is 4.45. The molecule has 1 saturated heterocycles. The van der Waals surface area contributed by atoms with Gasteiger partial charge in [0.25, 0.3) is 5.69 Å². The van der Waals surface area contributed by atoms with Gasteiger partial charge in [0, 0.05) is 43.3 Å². The summed E-state index contributed by atoms with van der Waals surface area (Å²) < 4.78 is 1.07. The number of hydrogen-bond donors (Lipinski definition) is 1. The maximum absolute atomic E-state index is 11.3. The van der Waals surface area contributed by atoms with E-state index in [1.807, 2.05) is 17.0 Å². The van der Waals surface area contributed by atoms with Crippen LogP contribution in [-0.2, 0) is 13.2 Å². The van der Waals surface area contributed by atoms with Gasteiger partial charge in [-0.3, -0.25) is 15.0 Å². The van der Waals surface area contributed by atoms with Crippen molar-refractivity contribution in [1.29, 1.82) is 0 Å². The molecule has 1 fully saturated rings. The summed E-state index contributed by atoms with van der Waals surface area (Å²) in [6, 6.07) is 13.1. The molecule has 0 unspecified atom stereocenters. The fourth-order valence-electron chi connectivity index (χ4n) is 3.07. The molecule has 0 saturated carbocycles. The van der Waals surface area contributed by atoms with Gasteiger partial charge >= 0.3 is 0 Å². The molecule has 0 radical (unpaired) electrons. The first-order valence-electron chi connectivity index (χ1n) is 8.17. The predicted octanol–water partition coefficient (Wildman–Crippen LogP) is 3.17. The van der Waals surface area contributed by atoms with Crippen molar-refractivity contribution in [2.75, 3.05) is 31.1 Å². The predicted molar refractivity (Wildman–Crippen MR) is 101 cm³/mol. The Morgan fingerprint density at radius 1 is 1.04 bits per heavy atom. The fraction of sp³-hybridized carbons (Fsp3) is 0.333. The van der Waals surface area contributed by atoms with Gasteiger partial charge in [-0.05, 0) is 35.4 Å². The summed E-state index contributed by atoms with van der Waals surface area (Å²) in [5.74, 6) is 0.